The van der Waals surface area contributed by atoms with Gasteiger partial charge >= 0.3 is 0 Å². The average Bonchev–Trinajstić information content (AvgIpc) is 2.66. The quantitative estimate of drug-likeness (QED) is 0.851. The number of hydrogen-bond acceptors (Lipinski definition) is 2. The first-order chi connectivity index (χ1) is 11.8. The first kappa shape index (κ1) is 17.5. The fourth-order valence-electron chi connectivity index (χ4n) is 4.24. The molecule has 0 bridgehead atoms. The molecule has 3 heteroatoms. The van der Waals surface area contributed by atoms with Crippen LogP contribution in [-0.4, -0.2) is 29.9 Å². The Labute approximate surface area is 146 Å². The molecule has 1 saturated carbocycles. The van der Waals surface area contributed by atoms with Gasteiger partial charge in [-0.25, -0.2) is 0 Å². The number of piperidine rings is 1. The number of carbonyl (C=O) groups is 1. The summed E-state index contributed by atoms with van der Waals surface area (Å²) in [6, 6.07) is 11.0. The maximum absolute atomic E-state index is 13.0. The van der Waals surface area contributed by atoms with E-state index in [0.29, 0.717) is 11.9 Å². The highest BCUT2D eigenvalue weighted by atomic mass is 16.2. The lowest BCUT2D eigenvalue weighted by Crippen LogP contribution is -2.41. The summed E-state index contributed by atoms with van der Waals surface area (Å²) in [6.07, 6.45) is 10.5. The second-order valence-electron chi connectivity index (χ2n) is 7.53. The molecule has 1 heterocycles. The molecule has 1 amide bonds. The Bertz CT molecular complexity index is 490. The summed E-state index contributed by atoms with van der Waals surface area (Å²) < 4.78 is 0. The van der Waals surface area contributed by atoms with E-state index in [1.165, 1.54) is 50.5 Å². The lowest BCUT2D eigenvalue weighted by molar-refractivity contribution is -0.135. The first-order valence-electron chi connectivity index (χ1n) is 9.87. The lowest BCUT2D eigenvalue weighted by atomic mass is 9.91. The predicted molar refractivity (Wildman–Crippen MR) is 98.7 cm³/mol. The van der Waals surface area contributed by atoms with Crippen LogP contribution in [0.25, 0.3) is 0 Å². The fraction of sp³-hybridized carbons (Fsp3) is 0.667. The van der Waals surface area contributed by atoms with Crippen LogP contribution in [0.2, 0.25) is 0 Å². The summed E-state index contributed by atoms with van der Waals surface area (Å²) in [5.74, 6) is 1.12. The molecule has 3 nitrogen and oxygen atoms in total. The van der Waals surface area contributed by atoms with Crippen molar-refractivity contribution in [2.45, 2.75) is 70.4 Å². The standard InChI is InChI=1S/C21H32N2O/c24-21(12-11-18-13-15-22-16-14-18)23(20-9-5-2-6-10-20)17-19-7-3-1-4-8-19/h1,3-4,7-8,18,20,22H,2,5-6,9-17H2. The van der Waals surface area contributed by atoms with Crippen molar-refractivity contribution in [3.8, 4) is 0 Å². The van der Waals surface area contributed by atoms with Gasteiger partial charge in [-0.2, -0.15) is 0 Å². The number of nitrogens with zero attached hydrogens (tertiary/aromatic N) is 1. The number of amides is 1. The van der Waals surface area contributed by atoms with Crippen LogP contribution in [0.15, 0.2) is 30.3 Å². The van der Waals surface area contributed by atoms with Crippen molar-refractivity contribution in [3.05, 3.63) is 35.9 Å². The van der Waals surface area contributed by atoms with Gasteiger partial charge in [-0.15, -0.1) is 0 Å². The Morgan fingerprint density at radius 1 is 1.00 bits per heavy atom. The number of rotatable bonds is 6. The molecule has 1 aliphatic heterocycles. The van der Waals surface area contributed by atoms with E-state index in [1.807, 2.05) is 6.07 Å². The van der Waals surface area contributed by atoms with Gasteiger partial charge in [0.1, 0.15) is 0 Å². The number of nitrogens with one attached hydrogen (secondary N) is 1. The van der Waals surface area contributed by atoms with E-state index >= 15 is 0 Å². The lowest BCUT2D eigenvalue weighted by Gasteiger charge is -2.35. The molecule has 2 fully saturated rings. The normalized spacial score (nSPS) is 20.0. The fourth-order valence-corrected chi connectivity index (χ4v) is 4.24. The van der Waals surface area contributed by atoms with Crippen LogP contribution < -0.4 is 5.32 Å². The third kappa shape index (κ3) is 5.07. The minimum atomic E-state index is 0.379. The summed E-state index contributed by atoms with van der Waals surface area (Å²) in [4.78, 5) is 15.2. The van der Waals surface area contributed by atoms with Gasteiger partial charge in [0.05, 0.1) is 0 Å². The van der Waals surface area contributed by atoms with Gasteiger partial charge in [0.2, 0.25) is 5.91 Å². The zero-order valence-corrected chi connectivity index (χ0v) is 14.9. The largest absolute Gasteiger partial charge is 0.335 e. The van der Waals surface area contributed by atoms with Gasteiger partial charge in [-0.3, -0.25) is 4.79 Å². The molecule has 1 N–H and O–H groups in total. The molecule has 1 aromatic carbocycles. The molecule has 1 aromatic rings. The van der Waals surface area contributed by atoms with Crippen LogP contribution in [0, 0.1) is 5.92 Å². The highest BCUT2D eigenvalue weighted by molar-refractivity contribution is 5.76. The predicted octanol–water partition coefficient (Wildman–Crippen LogP) is 4.13. The second-order valence-corrected chi connectivity index (χ2v) is 7.53. The number of benzene rings is 1. The molecule has 132 valence electrons. The Kier molecular flexibility index (Phi) is 6.71. The van der Waals surface area contributed by atoms with Crippen LogP contribution in [0.5, 0.6) is 0 Å². The minimum absolute atomic E-state index is 0.379. The van der Waals surface area contributed by atoms with E-state index in [-0.39, 0.29) is 0 Å². The summed E-state index contributed by atoms with van der Waals surface area (Å²) >= 11 is 0. The Morgan fingerprint density at radius 2 is 1.71 bits per heavy atom. The van der Waals surface area contributed by atoms with Crippen molar-refractivity contribution >= 4 is 5.91 Å². The number of hydrogen-bond donors (Lipinski definition) is 1. The van der Waals surface area contributed by atoms with Crippen molar-refractivity contribution in [1.82, 2.24) is 10.2 Å². The van der Waals surface area contributed by atoms with E-state index in [0.717, 1.165) is 38.4 Å². The molecule has 24 heavy (non-hydrogen) atoms. The maximum Gasteiger partial charge on any atom is 0.223 e. The molecular formula is C21H32N2O. The van der Waals surface area contributed by atoms with Crippen LogP contribution in [0.4, 0.5) is 0 Å². The summed E-state index contributed by atoms with van der Waals surface area (Å²) in [7, 11) is 0. The molecule has 2 aliphatic rings. The highest BCUT2D eigenvalue weighted by Gasteiger charge is 2.26. The van der Waals surface area contributed by atoms with Crippen molar-refractivity contribution in [2.24, 2.45) is 5.92 Å². The smallest absolute Gasteiger partial charge is 0.223 e. The topological polar surface area (TPSA) is 32.3 Å². The Hall–Kier alpha value is -1.35. The van der Waals surface area contributed by atoms with Crippen molar-refractivity contribution in [1.29, 1.82) is 0 Å². The van der Waals surface area contributed by atoms with Crippen LogP contribution in [-0.2, 0) is 11.3 Å². The summed E-state index contributed by atoms with van der Waals surface area (Å²) in [6.45, 7) is 3.03. The van der Waals surface area contributed by atoms with Crippen LogP contribution >= 0.6 is 0 Å². The van der Waals surface area contributed by atoms with Gasteiger partial charge in [-0.05, 0) is 56.7 Å². The molecule has 0 atom stereocenters. The molecule has 0 radical (unpaired) electrons. The van der Waals surface area contributed by atoms with E-state index in [4.69, 9.17) is 0 Å². The molecule has 3 rings (SSSR count). The molecule has 0 spiro atoms. The highest BCUT2D eigenvalue weighted by Crippen LogP contribution is 2.26. The van der Waals surface area contributed by atoms with Gasteiger partial charge < -0.3 is 10.2 Å². The summed E-state index contributed by atoms with van der Waals surface area (Å²) in [5, 5.41) is 3.41. The molecular weight excluding hydrogens is 296 g/mol. The van der Waals surface area contributed by atoms with Crippen LogP contribution in [0.3, 0.4) is 0 Å². The molecule has 1 aliphatic carbocycles. The second kappa shape index (κ2) is 9.22. The Morgan fingerprint density at radius 3 is 2.42 bits per heavy atom. The third-order valence-electron chi connectivity index (χ3n) is 5.76. The van der Waals surface area contributed by atoms with Gasteiger partial charge in [-0.1, -0.05) is 49.6 Å². The monoisotopic (exact) mass is 328 g/mol. The molecule has 1 saturated heterocycles. The Balaban J connectivity index is 1.60. The minimum Gasteiger partial charge on any atom is -0.335 e. The third-order valence-corrected chi connectivity index (χ3v) is 5.76. The zero-order valence-electron chi connectivity index (χ0n) is 14.9. The SMILES string of the molecule is O=C(CCC1CCNCC1)N(Cc1ccccc1)C1CCCCC1. The van der Waals surface area contributed by atoms with E-state index < -0.39 is 0 Å². The van der Waals surface area contributed by atoms with Crippen molar-refractivity contribution < 1.29 is 4.79 Å². The van der Waals surface area contributed by atoms with Gasteiger partial charge in [0.25, 0.3) is 0 Å². The van der Waals surface area contributed by atoms with Gasteiger partial charge in [0, 0.05) is 19.0 Å². The molecule has 0 aromatic heterocycles. The van der Waals surface area contributed by atoms with Gasteiger partial charge in [0.15, 0.2) is 0 Å². The van der Waals surface area contributed by atoms with E-state index in [1.54, 1.807) is 0 Å². The molecule has 0 unspecified atom stereocenters. The van der Waals surface area contributed by atoms with E-state index in [9.17, 15) is 4.79 Å². The summed E-state index contributed by atoms with van der Waals surface area (Å²) in [5.41, 5.74) is 1.26. The first-order valence-corrected chi connectivity index (χ1v) is 9.87. The van der Waals surface area contributed by atoms with Crippen LogP contribution in [0.1, 0.15) is 63.4 Å². The average molecular weight is 329 g/mol. The number of carbonyl (C=O) groups excluding carboxylic acids is 1. The maximum atomic E-state index is 13.0. The van der Waals surface area contributed by atoms with E-state index in [2.05, 4.69) is 34.5 Å². The van der Waals surface area contributed by atoms with Crippen molar-refractivity contribution in [2.75, 3.05) is 13.1 Å². The zero-order chi connectivity index (χ0) is 16.6. The van der Waals surface area contributed by atoms with Crippen molar-refractivity contribution in [3.63, 3.8) is 0 Å².